The predicted molar refractivity (Wildman–Crippen MR) is 143 cm³/mol. The Morgan fingerprint density at radius 3 is 2.94 bits per heavy atom. The Labute approximate surface area is 211 Å². The van der Waals surface area contributed by atoms with Gasteiger partial charge in [0.05, 0.1) is 4.48 Å². The zero-order valence-corrected chi connectivity index (χ0v) is 20.7. The number of hydrogen-bond acceptors (Lipinski definition) is 7. The van der Waals surface area contributed by atoms with Gasteiger partial charge in [0.1, 0.15) is 5.66 Å². The third-order valence-corrected chi connectivity index (χ3v) is 7.56. The molecule has 4 heterocycles. The van der Waals surface area contributed by atoms with Crippen LogP contribution in [0.1, 0.15) is 24.0 Å². The molecule has 0 fully saturated rings. The molecule has 1 atom stereocenters. The highest BCUT2D eigenvalue weighted by Gasteiger charge is 2.31. The molecule has 9 heteroatoms. The molecule has 2 aromatic carbocycles. The van der Waals surface area contributed by atoms with Crippen molar-refractivity contribution < 1.29 is 9.47 Å². The normalized spacial score (nSPS) is 21.3. The number of halogens is 1. The summed E-state index contributed by atoms with van der Waals surface area (Å²) >= 11 is 3.61. The van der Waals surface area contributed by atoms with Gasteiger partial charge in [0.15, 0.2) is 11.5 Å². The van der Waals surface area contributed by atoms with Crippen LogP contribution in [-0.4, -0.2) is 36.5 Å². The van der Waals surface area contributed by atoms with Crippen molar-refractivity contribution in [2.24, 2.45) is 10.7 Å². The summed E-state index contributed by atoms with van der Waals surface area (Å²) < 4.78 is 11.7. The quantitative estimate of drug-likeness (QED) is 0.336. The van der Waals surface area contributed by atoms with Crippen molar-refractivity contribution in [2.75, 3.05) is 25.2 Å². The highest BCUT2D eigenvalue weighted by Crippen LogP contribution is 2.35. The number of aromatic nitrogens is 1. The van der Waals surface area contributed by atoms with E-state index in [2.05, 4.69) is 61.3 Å². The van der Waals surface area contributed by atoms with Crippen molar-refractivity contribution in [1.29, 1.82) is 0 Å². The Hall–Kier alpha value is -3.27. The van der Waals surface area contributed by atoms with E-state index in [0.29, 0.717) is 12.4 Å². The number of anilines is 1. The molecule has 1 unspecified atom stereocenters. The summed E-state index contributed by atoms with van der Waals surface area (Å²) in [5.74, 6) is 2.17. The van der Waals surface area contributed by atoms with Gasteiger partial charge in [-0.15, -0.1) is 0 Å². The maximum atomic E-state index is 6.75. The SMILES string of the molecule is NC1(CCc2ccc3c(c2)OCO3)N=C(Nc2ccc3[nH]cc(C4=CCNCC4)c3c2)NC=C1Br. The average molecular weight is 535 g/mol. The van der Waals surface area contributed by atoms with Gasteiger partial charge in [-0.25, -0.2) is 4.99 Å². The number of aromatic amines is 1. The molecule has 180 valence electrons. The molecule has 6 rings (SSSR count). The van der Waals surface area contributed by atoms with Gasteiger partial charge < -0.3 is 36.1 Å². The number of benzene rings is 2. The number of aliphatic imine (C=N–C) groups is 1. The Balaban J connectivity index is 1.21. The molecule has 0 amide bonds. The second kappa shape index (κ2) is 9.07. The fourth-order valence-corrected chi connectivity index (χ4v) is 5.08. The van der Waals surface area contributed by atoms with Crippen LogP contribution in [0, 0.1) is 0 Å². The van der Waals surface area contributed by atoms with E-state index in [1.165, 1.54) is 16.5 Å². The van der Waals surface area contributed by atoms with E-state index in [4.69, 9.17) is 20.2 Å². The summed E-state index contributed by atoms with van der Waals surface area (Å²) in [5, 5.41) is 11.2. The van der Waals surface area contributed by atoms with E-state index in [1.807, 2.05) is 30.5 Å². The highest BCUT2D eigenvalue weighted by molar-refractivity contribution is 9.11. The lowest BCUT2D eigenvalue weighted by Crippen LogP contribution is -2.46. The summed E-state index contributed by atoms with van der Waals surface area (Å²) in [6.45, 7) is 2.18. The summed E-state index contributed by atoms with van der Waals surface area (Å²) in [5.41, 5.74) is 11.7. The average Bonchev–Trinajstić information content (AvgIpc) is 3.52. The lowest BCUT2D eigenvalue weighted by atomic mass is 9.99. The molecular formula is C26H27BrN6O2. The number of hydrogen-bond donors (Lipinski definition) is 5. The minimum Gasteiger partial charge on any atom is -0.454 e. The Kier molecular flexibility index (Phi) is 5.75. The van der Waals surface area contributed by atoms with Gasteiger partial charge in [0.2, 0.25) is 12.8 Å². The largest absolute Gasteiger partial charge is 0.454 e. The standard InChI is InChI=1S/C26H27BrN6O2/c27-24-14-31-25(33-26(24,28)8-5-16-1-4-22-23(11-16)35-15-34-22)32-18-2-3-21-19(12-18)20(13-30-21)17-6-9-29-10-7-17/h1-4,6,11-14,29-30H,5,7-10,15,28H2,(H2,31,32,33). The van der Waals surface area contributed by atoms with Gasteiger partial charge in [-0.1, -0.05) is 12.1 Å². The van der Waals surface area contributed by atoms with Gasteiger partial charge in [0, 0.05) is 41.1 Å². The molecule has 35 heavy (non-hydrogen) atoms. The molecule has 3 aliphatic heterocycles. The van der Waals surface area contributed by atoms with Crippen LogP contribution in [0.15, 0.2) is 64.3 Å². The smallest absolute Gasteiger partial charge is 0.231 e. The number of guanidine groups is 1. The summed E-state index contributed by atoms with van der Waals surface area (Å²) in [6.07, 6.45) is 8.62. The second-order valence-electron chi connectivity index (χ2n) is 8.98. The molecule has 8 nitrogen and oxygen atoms in total. The number of rotatable bonds is 5. The maximum absolute atomic E-state index is 6.75. The molecule has 0 aliphatic carbocycles. The number of nitrogens with two attached hydrogens (primary N) is 1. The van der Waals surface area contributed by atoms with Gasteiger partial charge >= 0.3 is 0 Å². The first kappa shape index (κ1) is 22.2. The number of fused-ring (bicyclic) bond motifs is 2. The van der Waals surface area contributed by atoms with Crippen molar-refractivity contribution in [3.05, 3.63) is 70.5 Å². The molecule has 0 saturated heterocycles. The van der Waals surface area contributed by atoms with Crippen LogP contribution in [0.3, 0.4) is 0 Å². The zero-order valence-electron chi connectivity index (χ0n) is 19.2. The van der Waals surface area contributed by atoms with Crippen molar-refractivity contribution in [2.45, 2.75) is 24.9 Å². The molecule has 3 aromatic rings. The van der Waals surface area contributed by atoms with Crippen LogP contribution in [0.5, 0.6) is 11.5 Å². The fourth-order valence-electron chi connectivity index (χ4n) is 4.68. The first-order valence-electron chi connectivity index (χ1n) is 11.8. The van der Waals surface area contributed by atoms with Crippen LogP contribution in [0.4, 0.5) is 5.69 Å². The topological polar surface area (TPSA) is 109 Å². The van der Waals surface area contributed by atoms with Gasteiger partial charge in [-0.05, 0) is 83.2 Å². The monoisotopic (exact) mass is 534 g/mol. The molecule has 1 aromatic heterocycles. The fraction of sp³-hybridized carbons (Fsp3) is 0.269. The van der Waals surface area contributed by atoms with Crippen LogP contribution < -0.4 is 31.2 Å². The molecule has 0 saturated carbocycles. The van der Waals surface area contributed by atoms with Crippen molar-refractivity contribution >= 4 is 44.1 Å². The molecule has 0 bridgehead atoms. The lowest BCUT2D eigenvalue weighted by molar-refractivity contribution is 0.174. The first-order chi connectivity index (χ1) is 17.1. The van der Waals surface area contributed by atoms with Crippen LogP contribution in [-0.2, 0) is 6.42 Å². The minimum atomic E-state index is -0.882. The Morgan fingerprint density at radius 1 is 1.14 bits per heavy atom. The van der Waals surface area contributed by atoms with Gasteiger partial charge in [-0.2, -0.15) is 0 Å². The van der Waals surface area contributed by atoms with E-state index < -0.39 is 5.66 Å². The number of nitrogens with zero attached hydrogens (tertiary/aromatic N) is 1. The summed E-state index contributed by atoms with van der Waals surface area (Å²) in [4.78, 5) is 8.23. The van der Waals surface area contributed by atoms with E-state index in [9.17, 15) is 0 Å². The maximum Gasteiger partial charge on any atom is 0.231 e. The Bertz CT molecular complexity index is 1380. The van der Waals surface area contributed by atoms with Gasteiger partial charge in [0.25, 0.3) is 0 Å². The van der Waals surface area contributed by atoms with E-state index in [1.54, 1.807) is 0 Å². The van der Waals surface area contributed by atoms with Gasteiger partial charge in [-0.3, -0.25) is 0 Å². The third kappa shape index (κ3) is 4.42. The highest BCUT2D eigenvalue weighted by atomic mass is 79.9. The molecule has 0 radical (unpaired) electrons. The molecular weight excluding hydrogens is 508 g/mol. The van der Waals surface area contributed by atoms with E-state index in [0.717, 1.165) is 58.7 Å². The van der Waals surface area contributed by atoms with Crippen molar-refractivity contribution in [3.8, 4) is 11.5 Å². The van der Waals surface area contributed by atoms with Crippen LogP contribution >= 0.6 is 15.9 Å². The number of nitrogens with one attached hydrogen (secondary N) is 4. The minimum absolute atomic E-state index is 0.268. The van der Waals surface area contributed by atoms with Crippen LogP contribution in [0.25, 0.3) is 16.5 Å². The second-order valence-corrected chi connectivity index (χ2v) is 9.83. The number of aryl methyl sites for hydroxylation is 1. The number of H-pyrrole nitrogens is 1. The Morgan fingerprint density at radius 2 is 2.06 bits per heavy atom. The summed E-state index contributed by atoms with van der Waals surface area (Å²) in [6, 6.07) is 12.3. The van der Waals surface area contributed by atoms with E-state index >= 15 is 0 Å². The third-order valence-electron chi connectivity index (χ3n) is 6.65. The molecule has 3 aliphatic rings. The first-order valence-corrected chi connectivity index (χ1v) is 12.5. The zero-order chi connectivity index (χ0) is 23.8. The van der Waals surface area contributed by atoms with Crippen molar-refractivity contribution in [3.63, 3.8) is 0 Å². The predicted octanol–water partition coefficient (Wildman–Crippen LogP) is 4.17. The summed E-state index contributed by atoms with van der Waals surface area (Å²) in [7, 11) is 0. The lowest BCUT2D eigenvalue weighted by Gasteiger charge is -2.30. The van der Waals surface area contributed by atoms with Crippen LogP contribution in [0.2, 0.25) is 0 Å². The number of ether oxygens (including phenoxy) is 2. The van der Waals surface area contributed by atoms with E-state index in [-0.39, 0.29) is 6.79 Å². The molecule has 0 spiro atoms. The molecule has 6 N–H and O–H groups in total. The van der Waals surface area contributed by atoms with Crippen molar-refractivity contribution in [1.82, 2.24) is 15.6 Å².